The lowest BCUT2D eigenvalue weighted by Gasteiger charge is -2.03. The summed E-state index contributed by atoms with van der Waals surface area (Å²) in [6.07, 6.45) is 1.66. The maximum Gasteiger partial charge on any atom is 0.203 e. The smallest absolute Gasteiger partial charge is 0.203 e. The average molecular weight is 329 g/mol. The van der Waals surface area contributed by atoms with Crippen molar-refractivity contribution in [2.75, 3.05) is 5.43 Å². The number of anilines is 1. The van der Waals surface area contributed by atoms with Crippen LogP contribution in [0, 0.1) is 18.6 Å². The predicted octanol–water partition coefficient (Wildman–Crippen LogP) is 4.84. The number of nitrogens with zero attached hydrogens (tertiary/aromatic N) is 2. The average Bonchev–Trinajstić information content (AvgIpc) is 2.92. The van der Waals surface area contributed by atoms with E-state index in [1.807, 2.05) is 24.4 Å². The van der Waals surface area contributed by atoms with Gasteiger partial charge in [-0.15, -0.1) is 11.3 Å². The van der Waals surface area contributed by atoms with Crippen LogP contribution in [-0.2, 0) is 0 Å². The number of aryl methyl sites for hydroxylation is 1. The van der Waals surface area contributed by atoms with Crippen LogP contribution in [0.1, 0.15) is 11.3 Å². The van der Waals surface area contributed by atoms with Gasteiger partial charge in [0.05, 0.1) is 11.9 Å². The zero-order valence-corrected chi connectivity index (χ0v) is 13.1. The number of hydrogen-bond donors (Lipinski definition) is 1. The summed E-state index contributed by atoms with van der Waals surface area (Å²) in [6, 6.07) is 10.7. The zero-order chi connectivity index (χ0) is 16.2. The maximum absolute atomic E-state index is 13.2. The lowest BCUT2D eigenvalue weighted by molar-refractivity contribution is 0.584. The SMILES string of the molecule is Cc1csc(NN=Cc2ccc(-c3cc(F)cc(F)c3)cc2)n1. The van der Waals surface area contributed by atoms with Crippen LogP contribution in [0.5, 0.6) is 0 Å². The quantitative estimate of drug-likeness (QED) is 0.549. The lowest BCUT2D eigenvalue weighted by atomic mass is 10.0. The molecule has 3 nitrogen and oxygen atoms in total. The molecule has 0 aliphatic carbocycles. The second-order valence-electron chi connectivity index (χ2n) is 4.94. The summed E-state index contributed by atoms with van der Waals surface area (Å²) in [5, 5.41) is 6.77. The Bertz CT molecular complexity index is 821. The molecule has 116 valence electrons. The molecule has 0 spiro atoms. The molecule has 1 N–H and O–H groups in total. The number of aromatic nitrogens is 1. The van der Waals surface area contributed by atoms with Gasteiger partial charge in [-0.05, 0) is 35.7 Å². The summed E-state index contributed by atoms with van der Waals surface area (Å²) in [5.74, 6) is -1.18. The van der Waals surface area contributed by atoms with E-state index in [1.165, 1.54) is 23.5 Å². The molecule has 0 atom stereocenters. The van der Waals surface area contributed by atoms with E-state index in [9.17, 15) is 8.78 Å². The van der Waals surface area contributed by atoms with Crippen molar-refractivity contribution >= 4 is 22.7 Å². The van der Waals surface area contributed by atoms with Crippen LogP contribution in [0.4, 0.5) is 13.9 Å². The molecule has 6 heteroatoms. The van der Waals surface area contributed by atoms with E-state index in [0.29, 0.717) is 5.56 Å². The van der Waals surface area contributed by atoms with Crippen molar-refractivity contribution in [2.24, 2.45) is 5.10 Å². The molecular weight excluding hydrogens is 316 g/mol. The third kappa shape index (κ3) is 3.98. The molecule has 0 aliphatic heterocycles. The van der Waals surface area contributed by atoms with Gasteiger partial charge in [0.15, 0.2) is 0 Å². The number of halogens is 2. The first-order valence-electron chi connectivity index (χ1n) is 6.88. The number of hydrazone groups is 1. The van der Waals surface area contributed by atoms with Crippen LogP contribution in [0.15, 0.2) is 52.9 Å². The van der Waals surface area contributed by atoms with Crippen LogP contribution in [0.25, 0.3) is 11.1 Å². The van der Waals surface area contributed by atoms with Crippen LogP contribution >= 0.6 is 11.3 Å². The first-order valence-corrected chi connectivity index (χ1v) is 7.76. The van der Waals surface area contributed by atoms with Gasteiger partial charge in [0.2, 0.25) is 5.13 Å². The van der Waals surface area contributed by atoms with Crippen molar-refractivity contribution in [2.45, 2.75) is 6.92 Å². The molecule has 0 radical (unpaired) electrons. The molecule has 0 saturated carbocycles. The van der Waals surface area contributed by atoms with Crippen molar-refractivity contribution in [1.29, 1.82) is 0 Å². The molecule has 2 aromatic carbocycles. The van der Waals surface area contributed by atoms with Crippen LogP contribution in [0.3, 0.4) is 0 Å². The van der Waals surface area contributed by atoms with E-state index in [1.54, 1.807) is 18.3 Å². The number of nitrogens with one attached hydrogen (secondary N) is 1. The highest BCUT2D eigenvalue weighted by Gasteiger charge is 2.03. The molecule has 23 heavy (non-hydrogen) atoms. The summed E-state index contributed by atoms with van der Waals surface area (Å²) in [6.45, 7) is 1.92. The second kappa shape index (κ2) is 6.66. The number of benzene rings is 2. The van der Waals surface area contributed by atoms with E-state index >= 15 is 0 Å². The third-order valence-electron chi connectivity index (χ3n) is 3.10. The summed E-state index contributed by atoms with van der Waals surface area (Å²) in [4.78, 5) is 4.23. The molecule has 0 amide bonds. The van der Waals surface area contributed by atoms with Gasteiger partial charge in [-0.25, -0.2) is 13.8 Å². The van der Waals surface area contributed by atoms with Crippen molar-refractivity contribution in [1.82, 2.24) is 4.98 Å². The van der Waals surface area contributed by atoms with Crippen molar-refractivity contribution in [3.05, 3.63) is 70.7 Å². The monoisotopic (exact) mass is 329 g/mol. The minimum absolute atomic E-state index is 0.502. The first-order chi connectivity index (χ1) is 11.1. The minimum atomic E-state index is -0.589. The maximum atomic E-state index is 13.2. The highest BCUT2D eigenvalue weighted by Crippen LogP contribution is 2.22. The van der Waals surface area contributed by atoms with Gasteiger partial charge in [-0.1, -0.05) is 24.3 Å². The Hall–Kier alpha value is -2.60. The molecule has 0 bridgehead atoms. The predicted molar refractivity (Wildman–Crippen MR) is 89.9 cm³/mol. The highest BCUT2D eigenvalue weighted by molar-refractivity contribution is 7.13. The second-order valence-corrected chi connectivity index (χ2v) is 5.80. The fourth-order valence-corrected chi connectivity index (χ4v) is 2.69. The third-order valence-corrected chi connectivity index (χ3v) is 3.96. The molecule has 1 heterocycles. The fourth-order valence-electron chi connectivity index (χ4n) is 2.05. The van der Waals surface area contributed by atoms with Crippen LogP contribution in [-0.4, -0.2) is 11.2 Å². The standard InChI is InChI=1S/C17H13F2N3S/c1-11-10-23-17(21-11)22-20-9-12-2-4-13(5-3-12)14-6-15(18)8-16(19)7-14/h2-10H,1H3,(H,21,22). The summed E-state index contributed by atoms with van der Waals surface area (Å²) >= 11 is 1.48. The molecule has 3 aromatic rings. The van der Waals surface area contributed by atoms with Crippen LogP contribution < -0.4 is 5.43 Å². The summed E-state index contributed by atoms with van der Waals surface area (Å²) in [7, 11) is 0. The van der Waals surface area contributed by atoms with Gasteiger partial charge in [0.25, 0.3) is 0 Å². The normalized spacial score (nSPS) is 11.1. The molecule has 0 saturated heterocycles. The molecule has 1 aromatic heterocycles. The fraction of sp³-hybridized carbons (Fsp3) is 0.0588. The van der Waals surface area contributed by atoms with Crippen LogP contribution in [0.2, 0.25) is 0 Å². The van der Waals surface area contributed by atoms with Crippen molar-refractivity contribution in [3.8, 4) is 11.1 Å². The largest absolute Gasteiger partial charge is 0.253 e. The van der Waals surface area contributed by atoms with E-state index in [4.69, 9.17) is 0 Å². The summed E-state index contributed by atoms with van der Waals surface area (Å²) < 4.78 is 26.5. The van der Waals surface area contributed by atoms with Gasteiger partial charge < -0.3 is 0 Å². The van der Waals surface area contributed by atoms with E-state index in [-0.39, 0.29) is 0 Å². The van der Waals surface area contributed by atoms with Gasteiger partial charge in [-0.3, -0.25) is 5.43 Å². The Labute approximate surface area is 136 Å². The van der Waals surface area contributed by atoms with Gasteiger partial charge in [0.1, 0.15) is 11.6 Å². The van der Waals surface area contributed by atoms with E-state index in [2.05, 4.69) is 15.5 Å². The Balaban J connectivity index is 1.71. The number of thiazole rings is 1. The Morgan fingerprint density at radius 1 is 1.04 bits per heavy atom. The summed E-state index contributed by atoms with van der Waals surface area (Å²) in [5.41, 5.74) is 5.91. The zero-order valence-electron chi connectivity index (χ0n) is 12.3. The Morgan fingerprint density at radius 3 is 2.35 bits per heavy atom. The van der Waals surface area contributed by atoms with E-state index < -0.39 is 11.6 Å². The van der Waals surface area contributed by atoms with E-state index in [0.717, 1.165) is 28.0 Å². The minimum Gasteiger partial charge on any atom is -0.253 e. The van der Waals surface area contributed by atoms with Gasteiger partial charge >= 0.3 is 0 Å². The van der Waals surface area contributed by atoms with Gasteiger partial charge in [0, 0.05) is 11.4 Å². The van der Waals surface area contributed by atoms with Crippen molar-refractivity contribution < 1.29 is 8.78 Å². The molecule has 3 rings (SSSR count). The molecule has 0 fully saturated rings. The highest BCUT2D eigenvalue weighted by atomic mass is 32.1. The first kappa shape index (κ1) is 15.3. The number of hydrogen-bond acceptors (Lipinski definition) is 4. The molecule has 0 unspecified atom stereocenters. The lowest BCUT2D eigenvalue weighted by Crippen LogP contribution is -1.90. The Kier molecular flexibility index (Phi) is 4.43. The number of rotatable bonds is 4. The topological polar surface area (TPSA) is 37.3 Å². The molecule has 0 aliphatic rings. The Morgan fingerprint density at radius 2 is 1.74 bits per heavy atom. The van der Waals surface area contributed by atoms with Gasteiger partial charge in [-0.2, -0.15) is 5.10 Å². The molecular formula is C17H13F2N3S. The van der Waals surface area contributed by atoms with Crippen molar-refractivity contribution in [3.63, 3.8) is 0 Å².